The molecule has 1 fully saturated rings. The highest BCUT2D eigenvalue weighted by Gasteiger charge is 2.28. The van der Waals surface area contributed by atoms with Gasteiger partial charge in [-0.2, -0.15) is 5.26 Å². The Kier molecular flexibility index (Phi) is 5.89. The molecule has 6 rings (SSSR count). The van der Waals surface area contributed by atoms with Gasteiger partial charge in [-0.3, -0.25) is 0 Å². The molecule has 0 bridgehead atoms. The highest BCUT2D eigenvalue weighted by atomic mass is 16.5. The fourth-order valence-corrected chi connectivity index (χ4v) is 5.28. The largest absolute Gasteiger partial charge is 0.481 e. The van der Waals surface area contributed by atoms with Crippen molar-refractivity contribution in [3.8, 4) is 23.2 Å². The Morgan fingerprint density at radius 2 is 1.81 bits per heavy atom. The number of anilines is 1. The molecule has 0 amide bonds. The molecule has 4 heterocycles. The third-order valence-electron chi connectivity index (χ3n) is 7.31. The molecule has 0 unspecified atom stereocenters. The standard InChI is InChI=1S/C29H27N7O/c1-18-27(22-7-8-26(37-2)31-16-22)35-28(34-18)21-9-11-36(12-10-21)29-24-13-23(14-25(24)32-17-33-29)20-5-3-19(15-30)4-6-20/h3-8,13,16-17,21H,9-12,14H2,1-2H3,(H,34,35). The Balaban J connectivity index is 1.18. The van der Waals surface area contributed by atoms with Gasteiger partial charge in [0.25, 0.3) is 0 Å². The van der Waals surface area contributed by atoms with Crippen LogP contribution in [-0.4, -0.2) is 45.1 Å². The second-order valence-electron chi connectivity index (χ2n) is 9.54. The summed E-state index contributed by atoms with van der Waals surface area (Å²) in [4.78, 5) is 24.4. The molecule has 8 heteroatoms. The fraction of sp³-hybridized carbons (Fsp3) is 0.276. The monoisotopic (exact) mass is 489 g/mol. The first-order valence-electron chi connectivity index (χ1n) is 12.5. The second kappa shape index (κ2) is 9.51. The zero-order valence-corrected chi connectivity index (χ0v) is 20.9. The molecule has 0 atom stereocenters. The number of benzene rings is 1. The summed E-state index contributed by atoms with van der Waals surface area (Å²) in [5.74, 6) is 3.01. The Morgan fingerprint density at radius 3 is 2.51 bits per heavy atom. The average molecular weight is 490 g/mol. The summed E-state index contributed by atoms with van der Waals surface area (Å²) in [6.07, 6.45) is 8.48. The van der Waals surface area contributed by atoms with E-state index in [9.17, 15) is 0 Å². The third-order valence-corrected chi connectivity index (χ3v) is 7.31. The van der Waals surface area contributed by atoms with Gasteiger partial charge in [0.15, 0.2) is 0 Å². The summed E-state index contributed by atoms with van der Waals surface area (Å²) in [5.41, 5.74) is 8.16. The topological polar surface area (TPSA) is 104 Å². The van der Waals surface area contributed by atoms with Crippen molar-refractivity contribution >= 4 is 17.5 Å². The van der Waals surface area contributed by atoms with Crippen molar-refractivity contribution in [1.29, 1.82) is 5.26 Å². The summed E-state index contributed by atoms with van der Waals surface area (Å²) >= 11 is 0. The quantitative estimate of drug-likeness (QED) is 0.424. The number of pyridine rings is 1. The predicted molar refractivity (Wildman–Crippen MR) is 142 cm³/mol. The molecule has 1 N–H and O–H groups in total. The Labute approximate surface area is 215 Å². The van der Waals surface area contributed by atoms with Crippen molar-refractivity contribution in [3.05, 3.63) is 82.8 Å². The lowest BCUT2D eigenvalue weighted by atomic mass is 9.96. The normalized spacial score (nSPS) is 15.3. The maximum absolute atomic E-state index is 9.09. The summed E-state index contributed by atoms with van der Waals surface area (Å²) in [5, 5.41) is 9.09. The number of imidazole rings is 1. The molecule has 0 saturated carbocycles. The van der Waals surface area contributed by atoms with Crippen LogP contribution in [0.25, 0.3) is 22.9 Å². The number of fused-ring (bicyclic) bond motifs is 1. The molecule has 3 aromatic heterocycles. The molecule has 1 aromatic carbocycles. The van der Waals surface area contributed by atoms with Crippen LogP contribution in [0.3, 0.4) is 0 Å². The first-order chi connectivity index (χ1) is 18.1. The highest BCUT2D eigenvalue weighted by molar-refractivity contribution is 5.91. The van der Waals surface area contributed by atoms with Gasteiger partial charge in [-0.15, -0.1) is 0 Å². The number of rotatable bonds is 5. The molecule has 184 valence electrons. The number of H-pyrrole nitrogens is 1. The maximum Gasteiger partial charge on any atom is 0.212 e. The van der Waals surface area contributed by atoms with Crippen molar-refractivity contribution in [2.75, 3.05) is 25.1 Å². The van der Waals surface area contributed by atoms with E-state index in [2.05, 4.69) is 43.9 Å². The number of allylic oxidation sites excluding steroid dienone is 1. The zero-order valence-electron chi connectivity index (χ0n) is 20.9. The van der Waals surface area contributed by atoms with Crippen molar-refractivity contribution in [2.24, 2.45) is 0 Å². The van der Waals surface area contributed by atoms with Crippen LogP contribution in [0.15, 0.2) is 48.9 Å². The van der Waals surface area contributed by atoms with E-state index in [1.807, 2.05) is 42.6 Å². The van der Waals surface area contributed by atoms with Gasteiger partial charge >= 0.3 is 0 Å². The number of piperidine rings is 1. The van der Waals surface area contributed by atoms with E-state index in [4.69, 9.17) is 15.0 Å². The lowest BCUT2D eigenvalue weighted by molar-refractivity contribution is 0.398. The van der Waals surface area contributed by atoms with E-state index in [0.29, 0.717) is 17.4 Å². The van der Waals surface area contributed by atoms with E-state index in [1.165, 1.54) is 5.57 Å². The smallest absolute Gasteiger partial charge is 0.212 e. The van der Waals surface area contributed by atoms with Crippen molar-refractivity contribution in [3.63, 3.8) is 0 Å². The lowest BCUT2D eigenvalue weighted by Crippen LogP contribution is -2.34. The first kappa shape index (κ1) is 22.9. The van der Waals surface area contributed by atoms with E-state index >= 15 is 0 Å². The number of nitrogens with one attached hydrogen (secondary N) is 1. The summed E-state index contributed by atoms with van der Waals surface area (Å²) < 4.78 is 5.18. The lowest BCUT2D eigenvalue weighted by Gasteiger charge is -2.32. The van der Waals surface area contributed by atoms with Crippen LogP contribution >= 0.6 is 0 Å². The van der Waals surface area contributed by atoms with Crippen LogP contribution in [0.4, 0.5) is 5.82 Å². The van der Waals surface area contributed by atoms with Crippen LogP contribution in [0.5, 0.6) is 5.88 Å². The maximum atomic E-state index is 9.09. The van der Waals surface area contributed by atoms with Crippen LogP contribution in [0.2, 0.25) is 0 Å². The number of aromatic amines is 1. The molecule has 0 radical (unpaired) electrons. The van der Waals surface area contributed by atoms with Gasteiger partial charge < -0.3 is 14.6 Å². The molecule has 37 heavy (non-hydrogen) atoms. The SMILES string of the molecule is COc1ccc(-c2nc(C3CCN(c4ncnc5c4C=C(c4ccc(C#N)cc4)C5)CC3)[nH]c2C)cn1. The minimum Gasteiger partial charge on any atom is -0.481 e. The molecule has 1 aliphatic heterocycles. The molecular formula is C29H27N7O. The molecule has 4 aromatic rings. The zero-order chi connectivity index (χ0) is 25.4. The van der Waals surface area contributed by atoms with Gasteiger partial charge in [-0.25, -0.2) is 19.9 Å². The number of hydrogen-bond acceptors (Lipinski definition) is 7. The molecule has 0 spiro atoms. The fourth-order valence-electron chi connectivity index (χ4n) is 5.28. The number of methoxy groups -OCH3 is 1. The summed E-state index contributed by atoms with van der Waals surface area (Å²) in [6.45, 7) is 3.88. The average Bonchev–Trinajstić information content (AvgIpc) is 3.57. The Hall–Kier alpha value is -4.51. The predicted octanol–water partition coefficient (Wildman–Crippen LogP) is 4.93. The molecule has 1 aliphatic carbocycles. The Bertz CT molecular complexity index is 1510. The van der Waals surface area contributed by atoms with Crippen LogP contribution in [0.1, 0.15) is 52.7 Å². The number of nitriles is 1. The minimum absolute atomic E-state index is 0.370. The second-order valence-corrected chi connectivity index (χ2v) is 9.54. The van der Waals surface area contributed by atoms with Crippen molar-refractivity contribution in [2.45, 2.75) is 32.1 Å². The van der Waals surface area contributed by atoms with Gasteiger partial charge in [0.2, 0.25) is 5.88 Å². The van der Waals surface area contributed by atoms with E-state index in [0.717, 1.165) is 77.8 Å². The molecular weight excluding hydrogens is 462 g/mol. The number of nitrogens with zero attached hydrogens (tertiary/aromatic N) is 6. The van der Waals surface area contributed by atoms with Gasteiger partial charge in [0.05, 0.1) is 30.1 Å². The number of aryl methyl sites for hydroxylation is 1. The minimum atomic E-state index is 0.370. The number of aromatic nitrogens is 5. The number of hydrogen-bond donors (Lipinski definition) is 1. The third kappa shape index (κ3) is 4.33. The summed E-state index contributed by atoms with van der Waals surface area (Å²) in [6, 6.07) is 13.8. The van der Waals surface area contributed by atoms with Crippen molar-refractivity contribution < 1.29 is 4.74 Å². The van der Waals surface area contributed by atoms with Crippen molar-refractivity contribution in [1.82, 2.24) is 24.9 Å². The van der Waals surface area contributed by atoms with E-state index < -0.39 is 0 Å². The van der Waals surface area contributed by atoms with E-state index in [1.54, 1.807) is 13.4 Å². The molecule has 1 saturated heterocycles. The first-order valence-corrected chi connectivity index (χ1v) is 12.5. The van der Waals surface area contributed by atoms with Gasteiger partial charge in [0.1, 0.15) is 18.0 Å². The Morgan fingerprint density at radius 1 is 1.03 bits per heavy atom. The van der Waals surface area contributed by atoms with Crippen LogP contribution < -0.4 is 9.64 Å². The highest BCUT2D eigenvalue weighted by Crippen LogP contribution is 2.37. The van der Waals surface area contributed by atoms with Gasteiger partial charge in [-0.05, 0) is 55.2 Å². The number of ether oxygens (including phenoxy) is 1. The van der Waals surface area contributed by atoms with Gasteiger partial charge in [0, 0.05) is 54.5 Å². The molecule has 2 aliphatic rings. The van der Waals surface area contributed by atoms with Crippen LogP contribution in [-0.2, 0) is 6.42 Å². The molecule has 8 nitrogen and oxygen atoms in total. The van der Waals surface area contributed by atoms with Crippen LogP contribution in [0, 0.1) is 18.3 Å². The summed E-state index contributed by atoms with van der Waals surface area (Å²) in [7, 11) is 1.62. The van der Waals surface area contributed by atoms with E-state index in [-0.39, 0.29) is 0 Å². The van der Waals surface area contributed by atoms with Gasteiger partial charge in [-0.1, -0.05) is 12.1 Å².